The molecule has 0 aromatic heterocycles. The van der Waals surface area contributed by atoms with E-state index in [4.69, 9.17) is 10.6 Å². The fourth-order valence-corrected chi connectivity index (χ4v) is 3.80. The third-order valence-electron chi connectivity index (χ3n) is 5.30. The number of amides is 5. The van der Waals surface area contributed by atoms with E-state index in [9.17, 15) is 14.4 Å². The molecule has 0 aliphatic carbocycles. The number of hydrogen-bond acceptors (Lipinski definition) is 4. The van der Waals surface area contributed by atoms with Crippen LogP contribution in [-0.4, -0.2) is 46.6 Å². The smallest absolute Gasteiger partial charge is 0.345 e. The monoisotopic (exact) mass is 409 g/mol. The molecule has 2 aromatic rings. The molecule has 2 aliphatic rings. The first-order valence-electron chi connectivity index (χ1n) is 9.76. The van der Waals surface area contributed by atoms with Crippen molar-refractivity contribution >= 4 is 23.7 Å². The van der Waals surface area contributed by atoms with Gasteiger partial charge in [-0.05, 0) is 30.5 Å². The number of benzene rings is 2. The van der Waals surface area contributed by atoms with Gasteiger partial charge in [-0.25, -0.2) is 14.6 Å². The predicted octanol–water partition coefficient (Wildman–Crippen LogP) is 2.00. The van der Waals surface area contributed by atoms with Crippen molar-refractivity contribution < 1.29 is 19.2 Å². The molecule has 0 unspecified atom stereocenters. The minimum Gasteiger partial charge on any atom is -0.350 e. The highest BCUT2D eigenvalue weighted by molar-refractivity contribution is 5.96. The number of nitrogens with zero attached hydrogens (tertiary/aromatic N) is 3. The van der Waals surface area contributed by atoms with Crippen LogP contribution < -0.4 is 16.2 Å². The van der Waals surface area contributed by atoms with Crippen LogP contribution in [0.25, 0.3) is 0 Å². The predicted molar refractivity (Wildman–Crippen MR) is 109 cm³/mol. The van der Waals surface area contributed by atoms with Crippen LogP contribution in [0.1, 0.15) is 18.4 Å². The standard InChI is InChI=1S/C21H23N5O4/c22-20(28)25(16-9-5-2-6-10-16)23-19(27)18-12-11-17-13-24(18)21(29)26(17)30-14-15-7-3-1-4-8-15/h1-10,17-18H,11-14H2,(H2,22,28)(H,23,27)/t17-,18+/m1/s1. The Morgan fingerprint density at radius 3 is 2.40 bits per heavy atom. The van der Waals surface area contributed by atoms with Crippen LogP contribution in [0.15, 0.2) is 60.7 Å². The van der Waals surface area contributed by atoms with Crippen LogP contribution in [0.5, 0.6) is 0 Å². The van der Waals surface area contributed by atoms with Crippen LogP contribution in [-0.2, 0) is 16.2 Å². The van der Waals surface area contributed by atoms with E-state index < -0.39 is 18.0 Å². The number of piperidine rings is 1. The number of urea groups is 2. The number of nitrogens with one attached hydrogen (secondary N) is 1. The maximum absolute atomic E-state index is 12.9. The topological polar surface area (TPSA) is 108 Å². The second kappa shape index (κ2) is 8.42. The molecule has 2 aliphatic heterocycles. The molecule has 0 saturated carbocycles. The van der Waals surface area contributed by atoms with Crippen molar-refractivity contribution in [2.75, 3.05) is 11.6 Å². The molecular weight excluding hydrogens is 386 g/mol. The molecule has 5 amide bonds. The number of fused-ring (bicyclic) bond motifs is 2. The van der Waals surface area contributed by atoms with E-state index in [-0.39, 0.29) is 18.7 Å². The first kappa shape index (κ1) is 19.7. The number of rotatable bonds is 5. The Bertz CT molecular complexity index is 924. The zero-order valence-corrected chi connectivity index (χ0v) is 16.3. The van der Waals surface area contributed by atoms with E-state index in [0.29, 0.717) is 25.1 Å². The van der Waals surface area contributed by atoms with E-state index in [1.54, 1.807) is 30.3 Å². The summed E-state index contributed by atoms with van der Waals surface area (Å²) >= 11 is 0. The molecule has 2 saturated heterocycles. The molecule has 156 valence electrons. The van der Waals surface area contributed by atoms with Crippen molar-refractivity contribution in [1.29, 1.82) is 0 Å². The largest absolute Gasteiger partial charge is 0.350 e. The highest BCUT2D eigenvalue weighted by Gasteiger charge is 2.48. The van der Waals surface area contributed by atoms with Crippen LogP contribution in [0.2, 0.25) is 0 Å². The second-order valence-electron chi connectivity index (χ2n) is 7.25. The Balaban J connectivity index is 1.42. The van der Waals surface area contributed by atoms with Gasteiger partial charge in [-0.15, -0.1) is 0 Å². The van der Waals surface area contributed by atoms with E-state index >= 15 is 0 Å². The van der Waals surface area contributed by atoms with Gasteiger partial charge in [-0.3, -0.25) is 15.1 Å². The quantitative estimate of drug-likeness (QED) is 0.737. The fourth-order valence-electron chi connectivity index (χ4n) is 3.80. The zero-order valence-electron chi connectivity index (χ0n) is 16.3. The van der Waals surface area contributed by atoms with Crippen molar-refractivity contribution in [2.24, 2.45) is 5.73 Å². The Kier molecular flexibility index (Phi) is 5.53. The van der Waals surface area contributed by atoms with Crippen LogP contribution in [0.3, 0.4) is 0 Å². The normalized spacial score (nSPS) is 20.2. The van der Waals surface area contributed by atoms with Gasteiger partial charge in [0, 0.05) is 6.54 Å². The maximum Gasteiger partial charge on any atom is 0.345 e. The van der Waals surface area contributed by atoms with E-state index in [2.05, 4.69) is 5.43 Å². The molecule has 0 spiro atoms. The maximum atomic E-state index is 12.9. The van der Waals surface area contributed by atoms with Crippen LogP contribution >= 0.6 is 0 Å². The molecule has 9 heteroatoms. The Labute approximate surface area is 173 Å². The summed E-state index contributed by atoms with van der Waals surface area (Å²) in [6.07, 6.45) is 1.09. The molecule has 2 aromatic carbocycles. The molecule has 0 radical (unpaired) electrons. The molecule has 2 heterocycles. The number of hydroxylamine groups is 2. The lowest BCUT2D eigenvalue weighted by atomic mass is 10.0. The van der Waals surface area contributed by atoms with Gasteiger partial charge < -0.3 is 10.6 Å². The number of carbonyl (C=O) groups is 3. The number of primary amides is 1. The molecule has 4 rings (SSSR count). The number of hydrogen-bond donors (Lipinski definition) is 2. The summed E-state index contributed by atoms with van der Waals surface area (Å²) in [5.41, 5.74) is 9.37. The van der Waals surface area contributed by atoms with Crippen molar-refractivity contribution in [3.05, 3.63) is 66.2 Å². The number of carbonyl (C=O) groups excluding carboxylic acids is 3. The average molecular weight is 409 g/mol. The van der Waals surface area contributed by atoms with Gasteiger partial charge in [-0.2, -0.15) is 5.06 Å². The summed E-state index contributed by atoms with van der Waals surface area (Å²) in [6.45, 7) is 0.671. The summed E-state index contributed by atoms with van der Waals surface area (Å²) < 4.78 is 0. The second-order valence-corrected chi connectivity index (χ2v) is 7.25. The molecular formula is C21H23N5O4. The van der Waals surface area contributed by atoms with E-state index in [1.807, 2.05) is 30.3 Å². The number of anilines is 1. The minimum absolute atomic E-state index is 0.105. The van der Waals surface area contributed by atoms with Gasteiger partial charge in [-0.1, -0.05) is 48.5 Å². The Morgan fingerprint density at radius 1 is 1.07 bits per heavy atom. The third kappa shape index (κ3) is 3.92. The van der Waals surface area contributed by atoms with Crippen molar-refractivity contribution in [2.45, 2.75) is 31.5 Å². The molecule has 9 nitrogen and oxygen atoms in total. The van der Waals surface area contributed by atoms with Gasteiger partial charge >= 0.3 is 12.1 Å². The molecule has 30 heavy (non-hydrogen) atoms. The van der Waals surface area contributed by atoms with Crippen molar-refractivity contribution in [3.63, 3.8) is 0 Å². The zero-order chi connectivity index (χ0) is 21.1. The van der Waals surface area contributed by atoms with Crippen LogP contribution in [0.4, 0.5) is 15.3 Å². The lowest BCUT2D eigenvalue weighted by Gasteiger charge is -2.31. The summed E-state index contributed by atoms with van der Waals surface area (Å²) in [6, 6.07) is 16.2. The third-order valence-corrected chi connectivity index (χ3v) is 5.30. The Hall–Kier alpha value is -3.59. The highest BCUT2D eigenvalue weighted by Crippen LogP contribution is 2.30. The first-order valence-corrected chi connectivity index (χ1v) is 9.76. The molecule has 3 N–H and O–H groups in total. The van der Waals surface area contributed by atoms with Gasteiger partial charge in [0.05, 0.1) is 11.7 Å². The van der Waals surface area contributed by atoms with Gasteiger partial charge in [0.1, 0.15) is 12.6 Å². The first-order chi connectivity index (χ1) is 14.5. The fraction of sp³-hybridized carbons (Fsp3) is 0.286. The number of para-hydroxylation sites is 1. The molecule has 2 bridgehead atoms. The van der Waals surface area contributed by atoms with Gasteiger partial charge in [0.2, 0.25) is 0 Å². The number of hydrazine groups is 1. The van der Waals surface area contributed by atoms with Crippen LogP contribution in [0, 0.1) is 0 Å². The minimum atomic E-state index is -0.816. The summed E-state index contributed by atoms with van der Waals surface area (Å²) in [5, 5.41) is 2.35. The molecule has 2 fully saturated rings. The van der Waals surface area contributed by atoms with E-state index in [0.717, 1.165) is 10.6 Å². The summed E-state index contributed by atoms with van der Waals surface area (Å²) in [5.74, 6) is -0.464. The highest BCUT2D eigenvalue weighted by atomic mass is 16.7. The van der Waals surface area contributed by atoms with E-state index in [1.165, 1.54) is 9.96 Å². The average Bonchev–Trinajstić information content (AvgIpc) is 3.01. The molecule has 2 atom stereocenters. The van der Waals surface area contributed by atoms with Crippen molar-refractivity contribution in [3.8, 4) is 0 Å². The SMILES string of the molecule is NC(=O)N(NC(=O)[C@@H]1CC[C@@H]2CN1C(=O)N2OCc1ccccc1)c1ccccc1. The van der Waals surface area contributed by atoms with Gasteiger partial charge in [0.15, 0.2) is 0 Å². The van der Waals surface area contributed by atoms with Gasteiger partial charge in [0.25, 0.3) is 5.91 Å². The summed E-state index contributed by atoms with van der Waals surface area (Å²) in [4.78, 5) is 44.8. The van der Waals surface area contributed by atoms with Crippen molar-refractivity contribution in [1.82, 2.24) is 15.4 Å². The Morgan fingerprint density at radius 2 is 1.73 bits per heavy atom. The lowest BCUT2D eigenvalue weighted by Crippen LogP contribution is -2.57. The number of nitrogens with two attached hydrogens (primary N) is 1. The lowest BCUT2D eigenvalue weighted by molar-refractivity contribution is -0.140. The summed E-state index contributed by atoms with van der Waals surface area (Å²) in [7, 11) is 0.